The molecule has 0 saturated heterocycles. The van der Waals surface area contributed by atoms with Crippen LogP contribution in [-0.2, 0) is 9.53 Å². The van der Waals surface area contributed by atoms with Gasteiger partial charge in [-0.3, -0.25) is 9.78 Å². The molecule has 1 unspecified atom stereocenters. The van der Waals surface area contributed by atoms with Crippen molar-refractivity contribution in [2.45, 2.75) is 6.04 Å². The molecule has 1 heterocycles. The summed E-state index contributed by atoms with van der Waals surface area (Å²) in [4.78, 5) is 26.8. The first-order valence-electron chi connectivity index (χ1n) is 4.71. The molecule has 1 rings (SSSR count). The monoisotopic (exact) mass is 258 g/mol. The van der Waals surface area contributed by atoms with Gasteiger partial charge in [-0.05, 0) is 12.1 Å². The van der Waals surface area contributed by atoms with Crippen molar-refractivity contribution in [3.63, 3.8) is 0 Å². The van der Waals surface area contributed by atoms with Gasteiger partial charge in [0.1, 0.15) is 5.69 Å². The van der Waals surface area contributed by atoms with Gasteiger partial charge in [-0.25, -0.2) is 9.21 Å². The van der Waals surface area contributed by atoms with Crippen LogP contribution in [0.1, 0.15) is 10.5 Å². The van der Waals surface area contributed by atoms with Gasteiger partial charge in [0.05, 0.1) is 13.7 Å². The lowest BCUT2D eigenvalue weighted by Crippen LogP contribution is -2.42. The second-order valence-electron chi connectivity index (χ2n) is 3.05. The standard InChI is InChI=1S/C10H11ClN2O4/c1-17-10(16)8(6-14)13(11)9(15)7-4-2-3-5-12-7/h2-5,8,14H,6H2,1H3. The number of ether oxygens (including phenoxy) is 1. The van der Waals surface area contributed by atoms with Gasteiger partial charge in [-0.1, -0.05) is 6.07 Å². The highest BCUT2D eigenvalue weighted by Crippen LogP contribution is 2.10. The molecule has 0 aliphatic heterocycles. The van der Waals surface area contributed by atoms with E-state index in [9.17, 15) is 9.59 Å². The first-order chi connectivity index (χ1) is 8.11. The fourth-order valence-electron chi connectivity index (χ4n) is 1.12. The number of carbonyl (C=O) groups excluding carboxylic acids is 2. The lowest BCUT2D eigenvalue weighted by Gasteiger charge is -2.20. The molecule has 0 fully saturated rings. The Kier molecular flexibility index (Phi) is 4.86. The first-order valence-corrected chi connectivity index (χ1v) is 5.04. The summed E-state index contributed by atoms with van der Waals surface area (Å²) in [5, 5.41) is 8.99. The molecule has 0 saturated carbocycles. The van der Waals surface area contributed by atoms with Gasteiger partial charge in [-0.15, -0.1) is 0 Å². The highest BCUT2D eigenvalue weighted by molar-refractivity contribution is 6.25. The average molecular weight is 259 g/mol. The predicted molar refractivity (Wildman–Crippen MR) is 59.1 cm³/mol. The fraction of sp³-hybridized carbons (Fsp3) is 0.300. The van der Waals surface area contributed by atoms with Crippen LogP contribution in [0.3, 0.4) is 0 Å². The van der Waals surface area contributed by atoms with E-state index in [1.807, 2.05) is 0 Å². The van der Waals surface area contributed by atoms with E-state index in [0.717, 1.165) is 7.11 Å². The average Bonchev–Trinajstić information content (AvgIpc) is 2.39. The summed E-state index contributed by atoms with van der Waals surface area (Å²) in [5.74, 6) is -1.48. The van der Waals surface area contributed by atoms with Crippen molar-refractivity contribution in [3.8, 4) is 0 Å². The van der Waals surface area contributed by atoms with Crippen molar-refractivity contribution in [1.82, 2.24) is 9.40 Å². The normalized spacial score (nSPS) is 11.7. The van der Waals surface area contributed by atoms with Gasteiger partial charge in [-0.2, -0.15) is 0 Å². The molecule has 1 N–H and O–H groups in total. The van der Waals surface area contributed by atoms with E-state index in [4.69, 9.17) is 16.9 Å². The third-order valence-corrected chi connectivity index (χ3v) is 2.39. The van der Waals surface area contributed by atoms with Crippen LogP contribution in [0, 0.1) is 0 Å². The zero-order valence-corrected chi connectivity index (χ0v) is 9.79. The number of methoxy groups -OCH3 is 1. The number of pyridine rings is 1. The van der Waals surface area contributed by atoms with Gasteiger partial charge in [0.2, 0.25) is 0 Å². The Morgan fingerprint density at radius 3 is 2.76 bits per heavy atom. The summed E-state index contributed by atoms with van der Waals surface area (Å²) in [6.07, 6.45) is 1.42. The third-order valence-electron chi connectivity index (χ3n) is 2.00. The van der Waals surface area contributed by atoms with Crippen molar-refractivity contribution in [1.29, 1.82) is 0 Å². The summed E-state index contributed by atoms with van der Waals surface area (Å²) in [5.41, 5.74) is 0.0739. The summed E-state index contributed by atoms with van der Waals surface area (Å²) in [7, 11) is 1.14. The highest BCUT2D eigenvalue weighted by atomic mass is 35.5. The van der Waals surface area contributed by atoms with Gasteiger partial charge in [0, 0.05) is 18.0 Å². The number of aliphatic hydroxyl groups is 1. The zero-order chi connectivity index (χ0) is 12.8. The van der Waals surface area contributed by atoms with E-state index in [2.05, 4.69) is 9.72 Å². The number of aromatic nitrogens is 1. The van der Waals surface area contributed by atoms with Crippen LogP contribution in [0.2, 0.25) is 0 Å². The van der Waals surface area contributed by atoms with Gasteiger partial charge in [0.25, 0.3) is 5.91 Å². The quantitative estimate of drug-likeness (QED) is 0.617. The van der Waals surface area contributed by atoms with Crippen LogP contribution < -0.4 is 0 Å². The Bertz CT molecular complexity index is 399. The maximum Gasteiger partial charge on any atom is 0.332 e. The molecule has 0 radical (unpaired) electrons. The zero-order valence-electron chi connectivity index (χ0n) is 9.04. The minimum absolute atomic E-state index is 0.0739. The minimum atomic E-state index is -1.25. The highest BCUT2D eigenvalue weighted by Gasteiger charge is 2.30. The molecule has 0 spiro atoms. The van der Waals surface area contributed by atoms with Crippen LogP contribution in [-0.4, -0.2) is 46.1 Å². The van der Waals surface area contributed by atoms with Gasteiger partial charge >= 0.3 is 5.97 Å². The first kappa shape index (κ1) is 13.4. The van der Waals surface area contributed by atoms with E-state index in [-0.39, 0.29) is 5.69 Å². The molecule has 1 atom stereocenters. The van der Waals surface area contributed by atoms with Crippen molar-refractivity contribution in [2.24, 2.45) is 0 Å². The molecule has 1 amide bonds. The maximum absolute atomic E-state index is 11.8. The van der Waals surface area contributed by atoms with Crippen LogP contribution in [0.4, 0.5) is 0 Å². The number of esters is 1. The Morgan fingerprint density at radius 2 is 2.29 bits per heavy atom. The Morgan fingerprint density at radius 1 is 1.59 bits per heavy atom. The number of hydrogen-bond donors (Lipinski definition) is 1. The Balaban J connectivity index is 2.85. The van der Waals surface area contributed by atoms with Crippen LogP contribution in [0.25, 0.3) is 0 Å². The molecule has 6 nitrogen and oxygen atoms in total. The number of amides is 1. The van der Waals surface area contributed by atoms with Crippen LogP contribution in [0.15, 0.2) is 24.4 Å². The smallest absolute Gasteiger partial charge is 0.332 e. The number of hydrogen-bond acceptors (Lipinski definition) is 5. The summed E-state index contributed by atoms with van der Waals surface area (Å²) >= 11 is 5.69. The van der Waals surface area contributed by atoms with E-state index in [0.29, 0.717) is 4.42 Å². The molecule has 0 bridgehead atoms. The van der Waals surface area contributed by atoms with Crippen molar-refractivity contribution < 1.29 is 19.4 Å². The molecular weight excluding hydrogens is 248 g/mol. The Hall–Kier alpha value is -1.66. The van der Waals surface area contributed by atoms with E-state index in [1.54, 1.807) is 12.1 Å². The van der Waals surface area contributed by atoms with Gasteiger partial charge < -0.3 is 9.84 Å². The van der Waals surface area contributed by atoms with Crippen molar-refractivity contribution >= 4 is 23.7 Å². The molecule has 0 aromatic carbocycles. The maximum atomic E-state index is 11.8. The topological polar surface area (TPSA) is 79.7 Å². The molecule has 17 heavy (non-hydrogen) atoms. The molecule has 1 aromatic rings. The molecule has 92 valence electrons. The molecule has 1 aromatic heterocycles. The summed E-state index contributed by atoms with van der Waals surface area (Å²) in [6, 6.07) is 3.44. The fourth-order valence-corrected chi connectivity index (χ4v) is 1.34. The number of carbonyl (C=O) groups is 2. The van der Waals surface area contributed by atoms with Crippen molar-refractivity contribution in [3.05, 3.63) is 30.1 Å². The largest absolute Gasteiger partial charge is 0.467 e. The van der Waals surface area contributed by atoms with E-state index >= 15 is 0 Å². The lowest BCUT2D eigenvalue weighted by atomic mass is 10.2. The van der Waals surface area contributed by atoms with E-state index in [1.165, 1.54) is 12.3 Å². The second kappa shape index (κ2) is 6.17. The summed E-state index contributed by atoms with van der Waals surface area (Å²) in [6.45, 7) is -0.630. The van der Waals surface area contributed by atoms with Crippen LogP contribution >= 0.6 is 11.8 Å². The number of aliphatic hydroxyl groups excluding tert-OH is 1. The SMILES string of the molecule is COC(=O)C(CO)N(Cl)C(=O)c1ccccn1. The molecule has 0 aliphatic rings. The molecule has 0 aliphatic carbocycles. The minimum Gasteiger partial charge on any atom is -0.467 e. The van der Waals surface area contributed by atoms with Gasteiger partial charge in [0.15, 0.2) is 6.04 Å². The van der Waals surface area contributed by atoms with Crippen LogP contribution in [0.5, 0.6) is 0 Å². The Labute approximate surface area is 103 Å². The number of rotatable bonds is 4. The number of nitrogens with zero attached hydrogens (tertiary/aromatic N) is 2. The lowest BCUT2D eigenvalue weighted by molar-refractivity contribution is -0.145. The second-order valence-corrected chi connectivity index (χ2v) is 3.42. The predicted octanol–water partition coefficient (Wildman–Crippen LogP) is 0.212. The molecule has 7 heteroatoms. The number of halogens is 1. The third kappa shape index (κ3) is 3.15. The molecular formula is C10H11ClN2O4. The van der Waals surface area contributed by atoms with E-state index < -0.39 is 24.5 Å². The summed E-state index contributed by atoms with van der Waals surface area (Å²) < 4.78 is 4.99. The van der Waals surface area contributed by atoms with Crippen molar-refractivity contribution in [2.75, 3.05) is 13.7 Å².